The van der Waals surface area contributed by atoms with Crippen molar-refractivity contribution in [3.63, 3.8) is 0 Å². The highest BCUT2D eigenvalue weighted by Gasteiger charge is 2.22. The summed E-state index contributed by atoms with van der Waals surface area (Å²) in [5, 5.41) is 8.59. The first-order valence-corrected chi connectivity index (χ1v) is 8.11. The number of nitrogens with one attached hydrogen (secondary N) is 1. The number of amides is 1. The van der Waals surface area contributed by atoms with Gasteiger partial charge in [0.2, 0.25) is 0 Å². The zero-order valence-electron chi connectivity index (χ0n) is 14.5. The standard InChI is InChI=1S/C20H21N3O2/c1-20(2,3)23-17-10-5-4-9-16(17)21-19(23)15-8-6-7-14(13-15)11-12-18(24)22-25/h4-13,25H,1-3H3,(H,22,24)/b12-11+. The van der Waals surface area contributed by atoms with Gasteiger partial charge < -0.3 is 4.57 Å². The smallest absolute Gasteiger partial charge is 0.267 e. The highest BCUT2D eigenvalue weighted by Crippen LogP contribution is 2.31. The average molecular weight is 335 g/mol. The fourth-order valence-corrected chi connectivity index (χ4v) is 2.89. The van der Waals surface area contributed by atoms with Crippen molar-refractivity contribution >= 4 is 23.0 Å². The van der Waals surface area contributed by atoms with E-state index in [4.69, 9.17) is 10.2 Å². The van der Waals surface area contributed by atoms with E-state index >= 15 is 0 Å². The topological polar surface area (TPSA) is 67.2 Å². The van der Waals surface area contributed by atoms with Crippen LogP contribution in [0, 0.1) is 0 Å². The molecule has 0 radical (unpaired) electrons. The largest absolute Gasteiger partial charge is 0.319 e. The molecule has 5 heteroatoms. The van der Waals surface area contributed by atoms with Gasteiger partial charge in [-0.3, -0.25) is 10.0 Å². The van der Waals surface area contributed by atoms with E-state index < -0.39 is 5.91 Å². The van der Waals surface area contributed by atoms with Gasteiger partial charge >= 0.3 is 0 Å². The number of hydrogen-bond donors (Lipinski definition) is 2. The Labute approximate surface area is 146 Å². The molecule has 1 amide bonds. The lowest BCUT2D eigenvalue weighted by Crippen LogP contribution is -2.22. The average Bonchev–Trinajstić information content (AvgIpc) is 2.99. The highest BCUT2D eigenvalue weighted by atomic mass is 16.5. The maximum absolute atomic E-state index is 11.2. The Morgan fingerprint density at radius 3 is 2.64 bits per heavy atom. The Morgan fingerprint density at radius 2 is 1.92 bits per heavy atom. The molecule has 2 N–H and O–H groups in total. The number of hydroxylamine groups is 1. The molecule has 0 aliphatic rings. The van der Waals surface area contributed by atoms with E-state index in [2.05, 4.69) is 31.4 Å². The summed E-state index contributed by atoms with van der Waals surface area (Å²) >= 11 is 0. The van der Waals surface area contributed by atoms with Crippen LogP contribution in [0.1, 0.15) is 26.3 Å². The number of rotatable bonds is 3. The Bertz CT molecular complexity index is 949. The molecule has 128 valence electrons. The number of carbonyl (C=O) groups is 1. The molecule has 5 nitrogen and oxygen atoms in total. The lowest BCUT2D eigenvalue weighted by molar-refractivity contribution is -0.124. The Balaban J connectivity index is 2.14. The molecular formula is C20H21N3O2. The van der Waals surface area contributed by atoms with Gasteiger partial charge in [-0.15, -0.1) is 0 Å². The van der Waals surface area contributed by atoms with Gasteiger partial charge in [0.1, 0.15) is 5.82 Å². The van der Waals surface area contributed by atoms with E-state index in [9.17, 15) is 4.79 Å². The summed E-state index contributed by atoms with van der Waals surface area (Å²) in [5.41, 5.74) is 5.32. The monoisotopic (exact) mass is 335 g/mol. The third-order valence-corrected chi connectivity index (χ3v) is 3.91. The predicted octanol–water partition coefficient (Wildman–Crippen LogP) is 3.98. The van der Waals surface area contributed by atoms with Crippen LogP contribution in [0.15, 0.2) is 54.6 Å². The molecule has 0 spiro atoms. The van der Waals surface area contributed by atoms with Crippen molar-refractivity contribution in [2.24, 2.45) is 0 Å². The molecule has 0 bridgehead atoms. The number of fused-ring (bicyclic) bond motifs is 1. The first-order chi connectivity index (χ1) is 11.9. The molecule has 0 aliphatic heterocycles. The van der Waals surface area contributed by atoms with Crippen LogP contribution in [0.3, 0.4) is 0 Å². The van der Waals surface area contributed by atoms with Gasteiger partial charge in [0, 0.05) is 17.2 Å². The molecule has 0 saturated heterocycles. The zero-order chi connectivity index (χ0) is 18.0. The lowest BCUT2D eigenvalue weighted by atomic mass is 10.1. The molecule has 25 heavy (non-hydrogen) atoms. The summed E-state index contributed by atoms with van der Waals surface area (Å²) in [5.74, 6) is 0.322. The SMILES string of the molecule is CC(C)(C)n1c(-c2cccc(/C=C/C(=O)NO)c2)nc2ccccc21. The van der Waals surface area contributed by atoms with Gasteiger partial charge in [-0.25, -0.2) is 10.5 Å². The predicted molar refractivity (Wildman–Crippen MR) is 99.1 cm³/mol. The van der Waals surface area contributed by atoms with Crippen LogP contribution in [0.5, 0.6) is 0 Å². The Morgan fingerprint density at radius 1 is 1.16 bits per heavy atom. The van der Waals surface area contributed by atoms with Crippen molar-refractivity contribution in [2.45, 2.75) is 26.3 Å². The maximum atomic E-state index is 11.2. The number of nitrogens with zero attached hydrogens (tertiary/aromatic N) is 2. The van der Waals surface area contributed by atoms with E-state index in [1.54, 1.807) is 11.6 Å². The van der Waals surface area contributed by atoms with E-state index in [0.717, 1.165) is 28.0 Å². The molecular weight excluding hydrogens is 314 g/mol. The van der Waals surface area contributed by atoms with Crippen molar-refractivity contribution in [2.75, 3.05) is 0 Å². The molecule has 3 rings (SSSR count). The van der Waals surface area contributed by atoms with Crippen molar-refractivity contribution in [3.05, 3.63) is 60.2 Å². The number of hydrogen-bond acceptors (Lipinski definition) is 3. The maximum Gasteiger partial charge on any atom is 0.267 e. The quantitative estimate of drug-likeness (QED) is 0.432. The minimum Gasteiger partial charge on any atom is -0.319 e. The summed E-state index contributed by atoms with van der Waals surface area (Å²) in [6.45, 7) is 6.46. The normalized spacial score (nSPS) is 12.0. The van der Waals surface area contributed by atoms with Crippen molar-refractivity contribution in [1.29, 1.82) is 0 Å². The van der Waals surface area contributed by atoms with Gasteiger partial charge in [-0.1, -0.05) is 30.3 Å². The Hall–Kier alpha value is -2.92. The summed E-state index contributed by atoms with van der Waals surface area (Å²) in [6, 6.07) is 15.9. The number of benzene rings is 2. The molecule has 3 aromatic rings. The number of para-hydroxylation sites is 2. The molecule has 0 atom stereocenters. The van der Waals surface area contributed by atoms with E-state index in [-0.39, 0.29) is 5.54 Å². The Kier molecular flexibility index (Phi) is 4.42. The third kappa shape index (κ3) is 3.46. The lowest BCUT2D eigenvalue weighted by Gasteiger charge is -2.24. The van der Waals surface area contributed by atoms with Gasteiger partial charge in [0.25, 0.3) is 5.91 Å². The first kappa shape index (κ1) is 16.9. The van der Waals surface area contributed by atoms with Crippen LogP contribution in [0.2, 0.25) is 0 Å². The van der Waals surface area contributed by atoms with E-state index in [1.165, 1.54) is 6.08 Å². The first-order valence-electron chi connectivity index (χ1n) is 8.11. The second-order valence-electron chi connectivity index (χ2n) is 6.87. The van der Waals surface area contributed by atoms with Crippen molar-refractivity contribution < 1.29 is 10.0 Å². The minimum atomic E-state index is -0.563. The molecule has 1 heterocycles. The second kappa shape index (κ2) is 6.53. The summed E-state index contributed by atoms with van der Waals surface area (Å²) in [6.07, 6.45) is 2.94. The highest BCUT2D eigenvalue weighted by molar-refractivity contribution is 5.91. The van der Waals surface area contributed by atoms with Gasteiger partial charge in [-0.2, -0.15) is 0 Å². The van der Waals surface area contributed by atoms with Crippen molar-refractivity contribution in [3.8, 4) is 11.4 Å². The molecule has 1 aromatic heterocycles. The van der Waals surface area contributed by atoms with Gasteiger partial charge in [-0.05, 0) is 50.6 Å². The van der Waals surface area contributed by atoms with Gasteiger partial charge in [0.05, 0.1) is 11.0 Å². The summed E-state index contributed by atoms with van der Waals surface area (Å²) < 4.78 is 2.23. The van der Waals surface area contributed by atoms with E-state index in [0.29, 0.717) is 0 Å². The van der Waals surface area contributed by atoms with E-state index in [1.807, 2.05) is 42.5 Å². The fourth-order valence-electron chi connectivity index (χ4n) is 2.89. The van der Waals surface area contributed by atoms with Crippen LogP contribution >= 0.6 is 0 Å². The summed E-state index contributed by atoms with van der Waals surface area (Å²) in [7, 11) is 0. The molecule has 2 aromatic carbocycles. The van der Waals surface area contributed by atoms with Crippen LogP contribution in [-0.4, -0.2) is 20.7 Å². The molecule has 0 fully saturated rings. The minimum absolute atomic E-state index is 0.131. The zero-order valence-corrected chi connectivity index (χ0v) is 14.5. The fraction of sp³-hybridized carbons (Fsp3) is 0.200. The molecule has 0 unspecified atom stereocenters. The van der Waals surface area contributed by atoms with Crippen LogP contribution in [0.25, 0.3) is 28.5 Å². The van der Waals surface area contributed by atoms with Crippen LogP contribution < -0.4 is 5.48 Å². The second-order valence-corrected chi connectivity index (χ2v) is 6.87. The van der Waals surface area contributed by atoms with Crippen LogP contribution in [-0.2, 0) is 10.3 Å². The molecule has 0 aliphatic carbocycles. The number of aromatic nitrogens is 2. The number of carbonyl (C=O) groups excluding carboxylic acids is 1. The van der Waals surface area contributed by atoms with Crippen LogP contribution in [0.4, 0.5) is 0 Å². The molecule has 0 saturated carbocycles. The van der Waals surface area contributed by atoms with Gasteiger partial charge in [0.15, 0.2) is 0 Å². The number of imidazole rings is 1. The summed E-state index contributed by atoms with van der Waals surface area (Å²) in [4.78, 5) is 16.0. The van der Waals surface area contributed by atoms with Crippen molar-refractivity contribution in [1.82, 2.24) is 15.0 Å². The third-order valence-electron chi connectivity index (χ3n) is 3.91.